The molecule has 0 bridgehead atoms. The minimum absolute atomic E-state index is 0.416. The molecule has 1 aliphatic heterocycles. The minimum Gasteiger partial charge on any atom is -0.354 e. The van der Waals surface area contributed by atoms with E-state index in [-0.39, 0.29) is 0 Å². The van der Waals surface area contributed by atoms with E-state index >= 15 is 0 Å². The highest BCUT2D eigenvalue weighted by atomic mass is 15.4. The Hall–Kier alpha value is -1.91. The zero-order chi connectivity index (χ0) is 11.7. The van der Waals surface area contributed by atoms with Crippen LogP contribution >= 0.6 is 0 Å². The zero-order valence-corrected chi connectivity index (χ0v) is 9.82. The van der Waals surface area contributed by atoms with E-state index < -0.39 is 0 Å². The van der Waals surface area contributed by atoms with E-state index in [9.17, 15) is 0 Å². The minimum atomic E-state index is 0.416. The molecule has 0 radical (unpaired) electrons. The zero-order valence-electron chi connectivity index (χ0n) is 9.82. The van der Waals surface area contributed by atoms with E-state index in [1.807, 2.05) is 23.9 Å². The smallest absolute Gasteiger partial charge is 0.128 e. The second kappa shape index (κ2) is 4.16. The van der Waals surface area contributed by atoms with Crippen molar-refractivity contribution in [2.45, 2.75) is 19.4 Å². The summed E-state index contributed by atoms with van der Waals surface area (Å²) in [6.07, 6.45) is 4.75. The summed E-state index contributed by atoms with van der Waals surface area (Å²) in [6, 6.07) is 6.56. The van der Waals surface area contributed by atoms with E-state index in [0.717, 1.165) is 31.0 Å². The van der Waals surface area contributed by atoms with Gasteiger partial charge in [-0.25, -0.2) is 9.67 Å². The van der Waals surface area contributed by atoms with Crippen LogP contribution < -0.4 is 4.90 Å². The van der Waals surface area contributed by atoms with Gasteiger partial charge in [0.2, 0.25) is 0 Å². The third-order valence-corrected chi connectivity index (χ3v) is 3.18. The van der Waals surface area contributed by atoms with Crippen molar-refractivity contribution in [2.75, 3.05) is 18.0 Å². The maximum atomic E-state index is 4.55. The first-order valence-electron chi connectivity index (χ1n) is 5.87. The lowest BCUT2D eigenvalue weighted by Crippen LogP contribution is -2.22. The highest BCUT2D eigenvalue weighted by molar-refractivity contribution is 5.40. The molecule has 1 unspecified atom stereocenters. The van der Waals surface area contributed by atoms with Gasteiger partial charge in [0.05, 0.1) is 12.2 Å². The predicted molar refractivity (Wildman–Crippen MR) is 64.9 cm³/mol. The standard InChI is InChI=1S/C12H15N5/c1-10-3-2-4-12(14-10)16-7-5-11(9-16)17-8-6-13-15-17/h2-4,6,8,11H,5,7,9H2,1H3. The number of aryl methyl sites for hydroxylation is 1. The van der Waals surface area contributed by atoms with Crippen LogP contribution in [0.2, 0.25) is 0 Å². The van der Waals surface area contributed by atoms with Crippen LogP contribution in [0, 0.1) is 6.92 Å². The van der Waals surface area contributed by atoms with Crippen molar-refractivity contribution < 1.29 is 0 Å². The first-order chi connectivity index (χ1) is 8.33. The second-order valence-electron chi connectivity index (χ2n) is 4.41. The van der Waals surface area contributed by atoms with E-state index in [1.54, 1.807) is 6.20 Å². The summed E-state index contributed by atoms with van der Waals surface area (Å²) in [5.41, 5.74) is 1.06. The lowest BCUT2D eigenvalue weighted by Gasteiger charge is -2.17. The van der Waals surface area contributed by atoms with Gasteiger partial charge in [-0.05, 0) is 25.5 Å². The van der Waals surface area contributed by atoms with Crippen molar-refractivity contribution in [2.24, 2.45) is 0 Å². The predicted octanol–water partition coefficient (Wildman–Crippen LogP) is 1.43. The van der Waals surface area contributed by atoms with Crippen LogP contribution in [-0.2, 0) is 0 Å². The molecule has 1 saturated heterocycles. The summed E-state index contributed by atoms with van der Waals surface area (Å²) < 4.78 is 1.94. The molecule has 0 N–H and O–H groups in total. The summed E-state index contributed by atoms with van der Waals surface area (Å²) >= 11 is 0. The first kappa shape index (κ1) is 10.3. The average molecular weight is 229 g/mol. The Morgan fingerprint density at radius 1 is 1.35 bits per heavy atom. The Balaban J connectivity index is 1.76. The quantitative estimate of drug-likeness (QED) is 0.781. The van der Waals surface area contributed by atoms with Crippen molar-refractivity contribution in [3.8, 4) is 0 Å². The van der Waals surface area contributed by atoms with Gasteiger partial charge in [0.15, 0.2) is 0 Å². The third-order valence-electron chi connectivity index (χ3n) is 3.18. The molecular weight excluding hydrogens is 214 g/mol. The van der Waals surface area contributed by atoms with Gasteiger partial charge in [0.25, 0.3) is 0 Å². The number of hydrogen-bond donors (Lipinski definition) is 0. The number of rotatable bonds is 2. The Morgan fingerprint density at radius 3 is 3.06 bits per heavy atom. The van der Waals surface area contributed by atoms with Crippen LogP contribution in [0.1, 0.15) is 18.2 Å². The molecule has 3 heterocycles. The highest BCUT2D eigenvalue weighted by Crippen LogP contribution is 2.24. The summed E-state index contributed by atoms with van der Waals surface area (Å²) in [4.78, 5) is 6.86. The molecule has 0 spiro atoms. The maximum Gasteiger partial charge on any atom is 0.128 e. The van der Waals surface area contributed by atoms with E-state index in [1.165, 1.54) is 0 Å². The molecule has 0 amide bonds. The van der Waals surface area contributed by atoms with Gasteiger partial charge < -0.3 is 4.90 Å². The van der Waals surface area contributed by atoms with Crippen molar-refractivity contribution >= 4 is 5.82 Å². The topological polar surface area (TPSA) is 46.8 Å². The Kier molecular flexibility index (Phi) is 2.51. The normalized spacial score (nSPS) is 19.8. The Bertz CT molecular complexity index is 493. The lowest BCUT2D eigenvalue weighted by atomic mass is 10.3. The Labute approximate surface area is 100 Å². The van der Waals surface area contributed by atoms with Crippen molar-refractivity contribution in [3.63, 3.8) is 0 Å². The number of aromatic nitrogens is 4. The summed E-state index contributed by atoms with van der Waals surface area (Å²) in [5, 5.41) is 7.92. The van der Waals surface area contributed by atoms with Gasteiger partial charge >= 0.3 is 0 Å². The molecule has 2 aromatic rings. The average Bonchev–Trinajstić information content (AvgIpc) is 3.00. The van der Waals surface area contributed by atoms with Crippen LogP contribution in [0.4, 0.5) is 5.82 Å². The molecule has 17 heavy (non-hydrogen) atoms. The van der Waals surface area contributed by atoms with Crippen LogP contribution in [-0.4, -0.2) is 33.1 Å². The lowest BCUT2D eigenvalue weighted by molar-refractivity contribution is 0.479. The van der Waals surface area contributed by atoms with Crippen LogP contribution in [0.3, 0.4) is 0 Å². The second-order valence-corrected chi connectivity index (χ2v) is 4.41. The molecule has 3 rings (SSSR count). The fourth-order valence-electron chi connectivity index (χ4n) is 2.28. The van der Waals surface area contributed by atoms with Gasteiger partial charge in [-0.2, -0.15) is 0 Å². The van der Waals surface area contributed by atoms with Crippen molar-refractivity contribution in [3.05, 3.63) is 36.3 Å². The van der Waals surface area contributed by atoms with Crippen molar-refractivity contribution in [1.82, 2.24) is 20.0 Å². The molecule has 5 heteroatoms. The highest BCUT2D eigenvalue weighted by Gasteiger charge is 2.25. The molecule has 0 aromatic carbocycles. The fraction of sp³-hybridized carbons (Fsp3) is 0.417. The van der Waals surface area contributed by atoms with Gasteiger partial charge in [-0.15, -0.1) is 5.10 Å². The number of pyridine rings is 1. The SMILES string of the molecule is Cc1cccc(N2CCC(n3ccnn3)C2)n1. The van der Waals surface area contributed by atoms with Crippen LogP contribution in [0.5, 0.6) is 0 Å². The van der Waals surface area contributed by atoms with E-state index in [2.05, 4.69) is 32.3 Å². The monoisotopic (exact) mass is 229 g/mol. The fourth-order valence-corrected chi connectivity index (χ4v) is 2.28. The third kappa shape index (κ3) is 2.00. The molecule has 5 nitrogen and oxygen atoms in total. The first-order valence-corrected chi connectivity index (χ1v) is 5.87. The molecular formula is C12H15N5. The van der Waals surface area contributed by atoms with Gasteiger partial charge in [-0.3, -0.25) is 0 Å². The van der Waals surface area contributed by atoms with Gasteiger partial charge in [0.1, 0.15) is 5.82 Å². The summed E-state index contributed by atoms with van der Waals surface area (Å²) in [6.45, 7) is 4.01. The molecule has 2 aromatic heterocycles. The molecule has 1 aliphatic rings. The summed E-state index contributed by atoms with van der Waals surface area (Å²) in [5.74, 6) is 1.06. The number of anilines is 1. The molecule has 1 atom stereocenters. The molecule has 1 fully saturated rings. The maximum absolute atomic E-state index is 4.55. The van der Waals surface area contributed by atoms with Gasteiger partial charge in [-0.1, -0.05) is 11.3 Å². The molecule has 0 aliphatic carbocycles. The van der Waals surface area contributed by atoms with Gasteiger partial charge in [0, 0.05) is 25.0 Å². The van der Waals surface area contributed by atoms with E-state index in [4.69, 9.17) is 0 Å². The summed E-state index contributed by atoms with van der Waals surface area (Å²) in [7, 11) is 0. The molecule has 0 saturated carbocycles. The number of nitrogens with zero attached hydrogens (tertiary/aromatic N) is 5. The van der Waals surface area contributed by atoms with E-state index in [0.29, 0.717) is 6.04 Å². The Morgan fingerprint density at radius 2 is 2.29 bits per heavy atom. The largest absolute Gasteiger partial charge is 0.354 e. The number of hydrogen-bond acceptors (Lipinski definition) is 4. The van der Waals surface area contributed by atoms with Crippen molar-refractivity contribution in [1.29, 1.82) is 0 Å². The van der Waals surface area contributed by atoms with Crippen LogP contribution in [0.25, 0.3) is 0 Å². The van der Waals surface area contributed by atoms with Crippen LogP contribution in [0.15, 0.2) is 30.6 Å². The molecule has 88 valence electrons.